The predicted octanol–water partition coefficient (Wildman–Crippen LogP) is 0.605. The van der Waals surface area contributed by atoms with Gasteiger partial charge in [-0.05, 0) is 19.9 Å². The molecule has 2 N–H and O–H groups in total. The summed E-state index contributed by atoms with van der Waals surface area (Å²) < 4.78 is 5.06. The molecule has 0 spiro atoms. The molecule has 2 aromatic rings. The van der Waals surface area contributed by atoms with Crippen molar-refractivity contribution in [2.24, 2.45) is 0 Å². The normalized spacial score (nSPS) is 11.9. The van der Waals surface area contributed by atoms with E-state index in [2.05, 4.69) is 15.5 Å². The first-order valence-electron chi connectivity index (χ1n) is 6.50. The van der Waals surface area contributed by atoms with Gasteiger partial charge < -0.3 is 10.1 Å². The number of likely N-dealkylation sites (N-methyl/N-ethyl adjacent to an activating group) is 1. The molecule has 0 unspecified atom stereocenters. The smallest absolute Gasteiger partial charge is 0.360 e. The lowest BCUT2D eigenvalue weighted by Gasteiger charge is -2.12. The van der Waals surface area contributed by atoms with E-state index < -0.39 is 12.1 Å². The van der Waals surface area contributed by atoms with Crippen molar-refractivity contribution >= 4 is 22.6 Å². The van der Waals surface area contributed by atoms with E-state index in [4.69, 9.17) is 4.74 Å². The quantitative estimate of drug-likeness (QED) is 0.803. The van der Waals surface area contributed by atoms with Crippen LogP contribution in [0.2, 0.25) is 0 Å². The summed E-state index contributed by atoms with van der Waals surface area (Å²) in [7, 11) is 0. The van der Waals surface area contributed by atoms with Crippen molar-refractivity contribution in [2.75, 3.05) is 6.54 Å². The Morgan fingerprint density at radius 2 is 2.00 bits per heavy atom. The number of carbonyl (C=O) groups is 2. The summed E-state index contributed by atoms with van der Waals surface area (Å²) in [4.78, 5) is 35.3. The van der Waals surface area contributed by atoms with E-state index in [9.17, 15) is 14.4 Å². The fourth-order valence-corrected chi connectivity index (χ4v) is 1.86. The molecule has 1 heterocycles. The minimum atomic E-state index is -0.940. The van der Waals surface area contributed by atoms with Crippen LogP contribution in [0, 0.1) is 0 Å². The van der Waals surface area contributed by atoms with Crippen molar-refractivity contribution in [2.45, 2.75) is 20.0 Å². The van der Waals surface area contributed by atoms with Crippen LogP contribution in [-0.2, 0) is 9.53 Å². The van der Waals surface area contributed by atoms with E-state index in [-0.39, 0.29) is 17.2 Å². The molecule has 1 amide bonds. The Hall–Kier alpha value is -2.70. The summed E-state index contributed by atoms with van der Waals surface area (Å²) in [5.74, 6) is -1.15. The molecule has 0 fully saturated rings. The fraction of sp³-hybridized carbons (Fsp3) is 0.286. The van der Waals surface area contributed by atoms with E-state index in [1.807, 2.05) is 0 Å². The highest BCUT2D eigenvalue weighted by molar-refractivity contribution is 6.02. The molecule has 0 saturated carbocycles. The maximum atomic E-state index is 12.1. The molecule has 110 valence electrons. The molecule has 0 radical (unpaired) electrons. The highest BCUT2D eigenvalue weighted by Gasteiger charge is 2.21. The number of amides is 1. The first-order chi connectivity index (χ1) is 10.0. The highest BCUT2D eigenvalue weighted by Crippen LogP contribution is 2.13. The number of carbonyl (C=O) groups excluding carboxylic acids is 2. The van der Waals surface area contributed by atoms with Crippen molar-refractivity contribution in [1.29, 1.82) is 0 Å². The van der Waals surface area contributed by atoms with Gasteiger partial charge in [0.1, 0.15) is 0 Å². The number of hydrogen-bond acceptors (Lipinski definition) is 5. The molecular weight excluding hydrogens is 274 g/mol. The zero-order valence-electron chi connectivity index (χ0n) is 11.7. The molecule has 2 rings (SSSR count). The first-order valence-corrected chi connectivity index (χ1v) is 6.50. The summed E-state index contributed by atoms with van der Waals surface area (Å²) in [5, 5.41) is 9.24. The molecule has 1 aromatic carbocycles. The minimum Gasteiger partial charge on any atom is -0.448 e. The van der Waals surface area contributed by atoms with Crippen molar-refractivity contribution in [3.05, 3.63) is 40.3 Å². The largest absolute Gasteiger partial charge is 0.448 e. The molecule has 0 aliphatic heterocycles. The zero-order chi connectivity index (χ0) is 15.4. The van der Waals surface area contributed by atoms with Crippen LogP contribution in [0.3, 0.4) is 0 Å². The van der Waals surface area contributed by atoms with Crippen LogP contribution in [0.4, 0.5) is 0 Å². The van der Waals surface area contributed by atoms with Gasteiger partial charge in [0.25, 0.3) is 11.5 Å². The van der Waals surface area contributed by atoms with Crippen LogP contribution in [0.1, 0.15) is 24.3 Å². The summed E-state index contributed by atoms with van der Waals surface area (Å²) in [6.07, 6.45) is -0.940. The van der Waals surface area contributed by atoms with Gasteiger partial charge in [-0.25, -0.2) is 9.89 Å². The highest BCUT2D eigenvalue weighted by atomic mass is 16.5. The van der Waals surface area contributed by atoms with Gasteiger partial charge in [-0.3, -0.25) is 9.59 Å². The molecule has 0 aliphatic rings. The lowest BCUT2D eigenvalue weighted by atomic mass is 10.1. The van der Waals surface area contributed by atoms with Crippen molar-refractivity contribution in [3.63, 3.8) is 0 Å². The van der Waals surface area contributed by atoms with Crippen LogP contribution >= 0.6 is 0 Å². The number of hydrogen-bond donors (Lipinski definition) is 2. The molecule has 0 bridgehead atoms. The Balaban J connectivity index is 2.30. The Morgan fingerprint density at radius 3 is 2.67 bits per heavy atom. The number of fused-ring (bicyclic) bond motifs is 1. The van der Waals surface area contributed by atoms with Gasteiger partial charge in [0, 0.05) is 11.9 Å². The second kappa shape index (κ2) is 6.17. The van der Waals surface area contributed by atoms with Gasteiger partial charge in [0.15, 0.2) is 11.8 Å². The minimum absolute atomic E-state index is 0.0265. The standard InChI is InChI=1S/C14H15N3O4/c1-3-15-12(18)8(2)21-14(20)11-9-6-4-5-7-10(9)13(19)17-16-11/h4-8H,3H2,1-2H3,(H,15,18)(H,17,19)/t8-/m1/s1. The van der Waals surface area contributed by atoms with Crippen LogP contribution in [0.15, 0.2) is 29.1 Å². The van der Waals surface area contributed by atoms with Crippen molar-refractivity contribution in [1.82, 2.24) is 15.5 Å². The number of aromatic nitrogens is 2. The third kappa shape index (κ3) is 3.07. The maximum Gasteiger partial charge on any atom is 0.360 e. The van der Waals surface area contributed by atoms with E-state index in [0.717, 1.165) is 0 Å². The second-order valence-electron chi connectivity index (χ2n) is 4.39. The monoisotopic (exact) mass is 289 g/mol. The summed E-state index contributed by atoms with van der Waals surface area (Å²) in [5.41, 5.74) is -0.416. The van der Waals surface area contributed by atoms with Crippen LogP contribution in [-0.4, -0.2) is 34.7 Å². The van der Waals surface area contributed by atoms with Crippen molar-refractivity contribution in [3.8, 4) is 0 Å². The number of ether oxygens (including phenoxy) is 1. The average molecular weight is 289 g/mol. The van der Waals surface area contributed by atoms with E-state index in [1.54, 1.807) is 31.2 Å². The lowest BCUT2D eigenvalue weighted by molar-refractivity contribution is -0.128. The number of aromatic amines is 1. The van der Waals surface area contributed by atoms with E-state index in [0.29, 0.717) is 17.3 Å². The topological polar surface area (TPSA) is 101 Å². The van der Waals surface area contributed by atoms with Crippen LogP contribution < -0.4 is 10.9 Å². The van der Waals surface area contributed by atoms with Gasteiger partial charge in [0.05, 0.1) is 5.39 Å². The van der Waals surface area contributed by atoms with Gasteiger partial charge >= 0.3 is 5.97 Å². The van der Waals surface area contributed by atoms with Gasteiger partial charge in [-0.15, -0.1) is 0 Å². The van der Waals surface area contributed by atoms with Gasteiger partial charge in [0.2, 0.25) is 0 Å². The molecule has 0 aliphatic carbocycles. The molecule has 7 nitrogen and oxygen atoms in total. The Bertz CT molecular complexity index is 738. The number of nitrogens with zero attached hydrogens (tertiary/aromatic N) is 1. The van der Waals surface area contributed by atoms with Gasteiger partial charge in [-0.2, -0.15) is 5.10 Å². The second-order valence-corrected chi connectivity index (χ2v) is 4.39. The maximum absolute atomic E-state index is 12.1. The molecular formula is C14H15N3O4. The summed E-state index contributed by atoms with van der Waals surface area (Å²) in [6, 6.07) is 6.56. The summed E-state index contributed by atoms with van der Waals surface area (Å²) >= 11 is 0. The number of benzene rings is 1. The van der Waals surface area contributed by atoms with Crippen LogP contribution in [0.25, 0.3) is 10.8 Å². The Kier molecular flexibility index (Phi) is 4.32. The fourth-order valence-electron chi connectivity index (χ4n) is 1.86. The van der Waals surface area contributed by atoms with Gasteiger partial charge in [-0.1, -0.05) is 18.2 Å². The van der Waals surface area contributed by atoms with Crippen molar-refractivity contribution < 1.29 is 14.3 Å². The molecule has 1 aromatic heterocycles. The summed E-state index contributed by atoms with van der Waals surface area (Å²) in [6.45, 7) is 3.68. The third-order valence-corrected chi connectivity index (χ3v) is 2.89. The Morgan fingerprint density at radius 1 is 1.33 bits per heavy atom. The predicted molar refractivity (Wildman–Crippen MR) is 75.9 cm³/mol. The van der Waals surface area contributed by atoms with Crippen LogP contribution in [0.5, 0.6) is 0 Å². The number of esters is 1. The zero-order valence-corrected chi connectivity index (χ0v) is 11.7. The molecule has 1 atom stereocenters. The molecule has 7 heteroatoms. The molecule has 0 saturated heterocycles. The van der Waals surface area contributed by atoms with E-state index >= 15 is 0 Å². The SMILES string of the molecule is CCNC(=O)[C@@H](C)OC(=O)c1n[nH]c(=O)c2ccccc12. The average Bonchev–Trinajstić information content (AvgIpc) is 2.48. The van der Waals surface area contributed by atoms with E-state index in [1.165, 1.54) is 6.92 Å². The number of H-pyrrole nitrogens is 1. The Labute approximate surface area is 120 Å². The molecule has 21 heavy (non-hydrogen) atoms. The first kappa shape index (κ1) is 14.7. The number of nitrogens with one attached hydrogen (secondary N) is 2. The lowest BCUT2D eigenvalue weighted by Crippen LogP contribution is -2.35. The third-order valence-electron chi connectivity index (χ3n) is 2.89. The number of rotatable bonds is 4.